The summed E-state index contributed by atoms with van der Waals surface area (Å²) >= 11 is 0. The smallest absolute Gasteiger partial charge is 0.253 e. The van der Waals surface area contributed by atoms with E-state index in [1.807, 2.05) is 43.6 Å². The van der Waals surface area contributed by atoms with Gasteiger partial charge in [0.2, 0.25) is 0 Å². The van der Waals surface area contributed by atoms with Crippen molar-refractivity contribution in [2.45, 2.75) is 52.1 Å². The van der Waals surface area contributed by atoms with E-state index in [0.717, 1.165) is 31.2 Å². The van der Waals surface area contributed by atoms with Crippen molar-refractivity contribution in [3.05, 3.63) is 89.9 Å². The highest BCUT2D eigenvalue weighted by atomic mass is 16.2. The van der Waals surface area contributed by atoms with Crippen LogP contribution in [0.15, 0.2) is 73.2 Å². The number of carbonyl (C=O) groups excluding carboxylic acids is 1. The zero-order chi connectivity index (χ0) is 20.9. The zero-order valence-corrected chi connectivity index (χ0v) is 17.8. The highest BCUT2D eigenvalue weighted by Gasteiger charge is 2.13. The van der Waals surface area contributed by atoms with Gasteiger partial charge in [0, 0.05) is 37.6 Å². The predicted molar refractivity (Wildman–Crippen MR) is 121 cm³/mol. The first-order chi connectivity index (χ1) is 14.1. The van der Waals surface area contributed by atoms with Gasteiger partial charge >= 0.3 is 0 Å². The van der Waals surface area contributed by atoms with Crippen LogP contribution in [0.2, 0.25) is 0 Å². The molecule has 0 fully saturated rings. The molecule has 1 aromatic carbocycles. The Balaban J connectivity index is 1.94. The molecule has 4 heteroatoms. The van der Waals surface area contributed by atoms with Gasteiger partial charge in [-0.15, -0.1) is 0 Å². The summed E-state index contributed by atoms with van der Waals surface area (Å²) in [7, 11) is 1.82. The molecular formula is C25H33N3O. The second kappa shape index (κ2) is 12.6. The SMILES string of the molecule is CC/C=C\C=C/N[C@@H](CCC)Cc1ccc(C(=O)N(C)Cc2cccnc2)cc1. The Bertz CT molecular complexity index is 781. The number of aromatic nitrogens is 1. The number of amides is 1. The van der Waals surface area contributed by atoms with Crippen molar-refractivity contribution < 1.29 is 4.79 Å². The van der Waals surface area contributed by atoms with Crippen molar-refractivity contribution in [3.8, 4) is 0 Å². The van der Waals surface area contributed by atoms with Crippen LogP contribution in [0.4, 0.5) is 0 Å². The number of hydrogen-bond donors (Lipinski definition) is 1. The quantitative estimate of drug-likeness (QED) is 0.540. The molecule has 0 saturated carbocycles. The first-order valence-electron chi connectivity index (χ1n) is 10.4. The summed E-state index contributed by atoms with van der Waals surface area (Å²) < 4.78 is 0. The summed E-state index contributed by atoms with van der Waals surface area (Å²) in [5, 5.41) is 3.50. The number of rotatable bonds is 11. The standard InChI is InChI=1S/C25H33N3O/c1-4-6-7-8-17-27-24(10-5-2)18-21-12-14-23(15-13-21)25(29)28(3)20-22-11-9-16-26-19-22/h6-9,11-17,19,24,27H,4-5,10,18,20H2,1-3H3/b7-6-,17-8-/t24-/m0/s1. The van der Waals surface area contributed by atoms with Gasteiger partial charge in [0.15, 0.2) is 0 Å². The summed E-state index contributed by atoms with van der Waals surface area (Å²) in [6.45, 7) is 4.88. The van der Waals surface area contributed by atoms with Crippen LogP contribution in [0, 0.1) is 0 Å². The molecule has 0 aliphatic rings. The summed E-state index contributed by atoms with van der Waals surface area (Å²) in [5.74, 6) is 0.0225. The van der Waals surface area contributed by atoms with Gasteiger partial charge in [0.25, 0.3) is 5.91 Å². The number of pyridine rings is 1. The van der Waals surface area contributed by atoms with Crippen LogP contribution in [-0.2, 0) is 13.0 Å². The largest absolute Gasteiger partial charge is 0.388 e. The molecule has 29 heavy (non-hydrogen) atoms. The summed E-state index contributed by atoms with van der Waals surface area (Å²) in [4.78, 5) is 18.5. The van der Waals surface area contributed by atoms with Crippen LogP contribution in [-0.4, -0.2) is 28.9 Å². The van der Waals surface area contributed by atoms with Gasteiger partial charge in [-0.25, -0.2) is 0 Å². The Kier molecular flexibility index (Phi) is 9.70. The minimum Gasteiger partial charge on any atom is -0.388 e. The van der Waals surface area contributed by atoms with Crippen molar-refractivity contribution in [2.75, 3.05) is 7.05 Å². The van der Waals surface area contributed by atoms with Crippen LogP contribution in [0.5, 0.6) is 0 Å². The molecule has 4 nitrogen and oxygen atoms in total. The fourth-order valence-corrected chi connectivity index (χ4v) is 3.18. The third-order valence-electron chi connectivity index (χ3n) is 4.72. The Morgan fingerprint density at radius 1 is 1.14 bits per heavy atom. The molecule has 0 radical (unpaired) electrons. The van der Waals surface area contributed by atoms with Crippen LogP contribution >= 0.6 is 0 Å². The molecule has 2 aromatic rings. The Hall–Kier alpha value is -2.88. The average molecular weight is 392 g/mol. The summed E-state index contributed by atoms with van der Waals surface area (Å²) in [5.41, 5.74) is 2.97. The van der Waals surface area contributed by atoms with Crippen LogP contribution < -0.4 is 5.32 Å². The van der Waals surface area contributed by atoms with E-state index >= 15 is 0 Å². The number of nitrogens with zero attached hydrogens (tertiary/aromatic N) is 2. The molecular weight excluding hydrogens is 358 g/mol. The molecule has 0 spiro atoms. The van der Waals surface area contributed by atoms with E-state index in [2.05, 4.69) is 48.4 Å². The maximum absolute atomic E-state index is 12.7. The zero-order valence-electron chi connectivity index (χ0n) is 17.8. The van der Waals surface area contributed by atoms with Crippen LogP contribution in [0.3, 0.4) is 0 Å². The molecule has 0 saturated heterocycles. The first-order valence-corrected chi connectivity index (χ1v) is 10.4. The second-order valence-corrected chi connectivity index (χ2v) is 7.27. The number of benzene rings is 1. The van der Waals surface area contributed by atoms with Gasteiger partial charge in [-0.05, 0) is 60.9 Å². The maximum Gasteiger partial charge on any atom is 0.253 e. The van der Waals surface area contributed by atoms with Gasteiger partial charge in [0.05, 0.1) is 0 Å². The monoisotopic (exact) mass is 391 g/mol. The first kappa shape index (κ1) is 22.4. The van der Waals surface area contributed by atoms with Crippen LogP contribution in [0.1, 0.15) is 54.6 Å². The number of hydrogen-bond acceptors (Lipinski definition) is 3. The van der Waals surface area contributed by atoms with Gasteiger partial charge in [-0.2, -0.15) is 0 Å². The van der Waals surface area contributed by atoms with E-state index in [1.54, 1.807) is 17.3 Å². The van der Waals surface area contributed by atoms with Crippen molar-refractivity contribution >= 4 is 5.91 Å². The molecule has 0 unspecified atom stereocenters. The maximum atomic E-state index is 12.7. The molecule has 1 aromatic heterocycles. The van der Waals surface area contributed by atoms with E-state index in [-0.39, 0.29) is 5.91 Å². The number of allylic oxidation sites excluding steroid dienone is 3. The lowest BCUT2D eigenvalue weighted by Crippen LogP contribution is -2.27. The van der Waals surface area contributed by atoms with E-state index in [4.69, 9.17) is 0 Å². The minimum absolute atomic E-state index is 0.0225. The Labute approximate surface area is 175 Å². The molecule has 2 rings (SSSR count). The summed E-state index contributed by atoms with van der Waals surface area (Å²) in [6.07, 6.45) is 16.0. The van der Waals surface area contributed by atoms with Gasteiger partial charge in [-0.1, -0.05) is 50.6 Å². The van der Waals surface area contributed by atoms with Crippen LogP contribution in [0.25, 0.3) is 0 Å². The fourth-order valence-electron chi connectivity index (χ4n) is 3.18. The number of nitrogens with one attached hydrogen (secondary N) is 1. The predicted octanol–water partition coefficient (Wildman–Crippen LogP) is 5.13. The average Bonchev–Trinajstić information content (AvgIpc) is 2.74. The van der Waals surface area contributed by atoms with Gasteiger partial charge in [-0.3, -0.25) is 9.78 Å². The normalized spacial score (nSPS) is 12.4. The lowest BCUT2D eigenvalue weighted by atomic mass is 10.0. The van der Waals surface area contributed by atoms with Crippen molar-refractivity contribution in [3.63, 3.8) is 0 Å². The van der Waals surface area contributed by atoms with Crippen molar-refractivity contribution in [1.29, 1.82) is 0 Å². The molecule has 0 aliphatic heterocycles. The molecule has 1 atom stereocenters. The van der Waals surface area contributed by atoms with Gasteiger partial charge < -0.3 is 10.2 Å². The third-order valence-corrected chi connectivity index (χ3v) is 4.72. The fraction of sp³-hybridized carbons (Fsp3) is 0.360. The molecule has 1 amide bonds. The Morgan fingerprint density at radius 2 is 1.93 bits per heavy atom. The van der Waals surface area contributed by atoms with E-state index < -0.39 is 0 Å². The molecule has 0 aliphatic carbocycles. The highest BCUT2D eigenvalue weighted by molar-refractivity contribution is 5.94. The molecule has 154 valence electrons. The minimum atomic E-state index is 0.0225. The highest BCUT2D eigenvalue weighted by Crippen LogP contribution is 2.12. The van der Waals surface area contributed by atoms with Gasteiger partial charge in [0.1, 0.15) is 0 Å². The second-order valence-electron chi connectivity index (χ2n) is 7.27. The van der Waals surface area contributed by atoms with E-state index in [9.17, 15) is 4.79 Å². The Morgan fingerprint density at radius 3 is 2.59 bits per heavy atom. The van der Waals surface area contributed by atoms with Crippen molar-refractivity contribution in [2.24, 2.45) is 0 Å². The molecule has 1 N–H and O–H groups in total. The summed E-state index contributed by atoms with van der Waals surface area (Å²) in [6, 6.07) is 12.2. The lowest BCUT2D eigenvalue weighted by Gasteiger charge is -2.19. The molecule has 1 heterocycles. The van der Waals surface area contributed by atoms with E-state index in [0.29, 0.717) is 18.2 Å². The third kappa shape index (κ3) is 7.94. The topological polar surface area (TPSA) is 45.2 Å². The lowest BCUT2D eigenvalue weighted by molar-refractivity contribution is 0.0785. The van der Waals surface area contributed by atoms with Crippen molar-refractivity contribution in [1.82, 2.24) is 15.2 Å². The number of carbonyl (C=O) groups is 1. The van der Waals surface area contributed by atoms with E-state index in [1.165, 1.54) is 5.56 Å². The molecule has 0 bridgehead atoms.